The van der Waals surface area contributed by atoms with Crippen molar-refractivity contribution in [1.82, 2.24) is 0 Å². The van der Waals surface area contributed by atoms with Crippen molar-refractivity contribution in [1.29, 1.82) is 0 Å². The van der Waals surface area contributed by atoms with Crippen LogP contribution in [0.5, 0.6) is 0 Å². The third kappa shape index (κ3) is 3.03. The van der Waals surface area contributed by atoms with Gasteiger partial charge in [0.1, 0.15) is 4.91 Å². The largest absolute Gasteiger partial charge is 0.477 e. The van der Waals surface area contributed by atoms with Gasteiger partial charge in [-0.05, 0) is 0 Å². The lowest BCUT2D eigenvalue weighted by Crippen LogP contribution is -2.02. The van der Waals surface area contributed by atoms with Crippen molar-refractivity contribution in [2.24, 2.45) is 11.5 Å². The highest BCUT2D eigenvalue weighted by atomic mass is 32.2. The maximum absolute atomic E-state index is 10.2. The van der Waals surface area contributed by atoms with Crippen LogP contribution in [0.4, 0.5) is 0 Å². The molecule has 0 amide bonds. The molecule has 0 radical (unpaired) electrons. The summed E-state index contributed by atoms with van der Waals surface area (Å²) in [4.78, 5) is 10.2. The van der Waals surface area contributed by atoms with E-state index in [0.29, 0.717) is 0 Å². The van der Waals surface area contributed by atoms with Gasteiger partial charge in [0.25, 0.3) is 0 Å². The molecule has 0 saturated carbocycles. The van der Waals surface area contributed by atoms with Gasteiger partial charge in [0.15, 0.2) is 0 Å². The molecule has 0 aliphatic carbocycles. The van der Waals surface area contributed by atoms with E-state index in [4.69, 9.17) is 16.6 Å². The number of hydrogen-bond donors (Lipinski definition) is 3. The molecule has 4 nitrogen and oxygen atoms in total. The maximum Gasteiger partial charge on any atom is 0.344 e. The number of carboxylic acids is 1. The standard InChI is InChI=1S/C5H8N2O2S/c1-3(7)10-4(2-6)5(8)9/h2H,1,6-7H2,(H,8,9)/b4-2-. The highest BCUT2D eigenvalue weighted by Crippen LogP contribution is 2.18. The highest BCUT2D eigenvalue weighted by molar-refractivity contribution is 8.07. The van der Waals surface area contributed by atoms with Crippen molar-refractivity contribution < 1.29 is 9.90 Å². The molecular formula is C5H8N2O2S. The molecule has 0 atom stereocenters. The Morgan fingerprint density at radius 3 is 2.30 bits per heavy atom. The molecule has 5 heteroatoms. The first-order valence-corrected chi connectivity index (χ1v) is 3.17. The Hall–Kier alpha value is -1.10. The maximum atomic E-state index is 10.2. The summed E-state index contributed by atoms with van der Waals surface area (Å²) in [6.45, 7) is 3.31. The Kier molecular flexibility index (Phi) is 3.42. The Morgan fingerprint density at radius 2 is 2.20 bits per heavy atom. The molecule has 0 saturated heterocycles. The van der Waals surface area contributed by atoms with Crippen molar-refractivity contribution >= 4 is 17.7 Å². The fourth-order valence-corrected chi connectivity index (χ4v) is 0.728. The lowest BCUT2D eigenvalue weighted by atomic mass is 10.6. The second-order valence-electron chi connectivity index (χ2n) is 1.40. The first kappa shape index (κ1) is 8.90. The van der Waals surface area contributed by atoms with Crippen molar-refractivity contribution in [3.05, 3.63) is 22.7 Å². The van der Waals surface area contributed by atoms with Gasteiger partial charge in [0, 0.05) is 6.20 Å². The predicted octanol–water partition coefficient (Wildman–Crippen LogP) is 0.0342. The van der Waals surface area contributed by atoms with Crippen LogP contribution in [0.1, 0.15) is 0 Å². The lowest BCUT2D eigenvalue weighted by molar-refractivity contribution is -0.131. The molecule has 0 aromatic heterocycles. The monoisotopic (exact) mass is 160 g/mol. The van der Waals surface area contributed by atoms with E-state index in [2.05, 4.69) is 6.58 Å². The fourth-order valence-electron chi connectivity index (χ4n) is 0.290. The minimum absolute atomic E-state index is 0.0208. The molecule has 10 heavy (non-hydrogen) atoms. The number of thioether (sulfide) groups is 1. The summed E-state index contributed by atoms with van der Waals surface area (Å²) in [5, 5.41) is 8.56. The zero-order valence-corrected chi connectivity index (χ0v) is 6.02. The number of nitrogens with two attached hydrogens (primary N) is 2. The van der Waals surface area contributed by atoms with E-state index in [1.165, 1.54) is 0 Å². The predicted molar refractivity (Wildman–Crippen MR) is 40.8 cm³/mol. The van der Waals surface area contributed by atoms with Gasteiger partial charge < -0.3 is 16.6 Å². The van der Waals surface area contributed by atoms with Crippen molar-refractivity contribution in [3.8, 4) is 0 Å². The van der Waals surface area contributed by atoms with Gasteiger partial charge in [-0.25, -0.2) is 4.79 Å². The minimum atomic E-state index is -1.10. The topological polar surface area (TPSA) is 89.3 Å². The van der Waals surface area contributed by atoms with E-state index in [1.54, 1.807) is 0 Å². The number of rotatable bonds is 3. The van der Waals surface area contributed by atoms with Gasteiger partial charge in [-0.3, -0.25) is 0 Å². The van der Waals surface area contributed by atoms with Crippen LogP contribution in [-0.4, -0.2) is 11.1 Å². The first-order valence-electron chi connectivity index (χ1n) is 2.35. The average Bonchev–Trinajstić information content (AvgIpc) is 1.81. The van der Waals surface area contributed by atoms with Crippen LogP contribution in [0.3, 0.4) is 0 Å². The van der Waals surface area contributed by atoms with Gasteiger partial charge in [-0.2, -0.15) is 0 Å². The van der Waals surface area contributed by atoms with E-state index in [-0.39, 0.29) is 9.93 Å². The van der Waals surface area contributed by atoms with Gasteiger partial charge in [0.2, 0.25) is 0 Å². The quantitative estimate of drug-likeness (QED) is 0.507. The molecule has 0 aromatic carbocycles. The van der Waals surface area contributed by atoms with E-state index < -0.39 is 5.97 Å². The molecule has 0 fully saturated rings. The van der Waals surface area contributed by atoms with E-state index in [0.717, 1.165) is 18.0 Å². The van der Waals surface area contributed by atoms with Gasteiger partial charge in [0.05, 0.1) is 5.03 Å². The molecule has 5 N–H and O–H groups in total. The Bertz CT molecular complexity index is 188. The molecule has 0 aromatic rings. The molecule has 0 bridgehead atoms. The molecule has 0 unspecified atom stereocenters. The fraction of sp³-hybridized carbons (Fsp3) is 0. The summed E-state index contributed by atoms with van der Waals surface area (Å²) in [5.41, 5.74) is 10.1. The van der Waals surface area contributed by atoms with Crippen LogP contribution in [0.25, 0.3) is 0 Å². The normalized spacial score (nSPS) is 11.0. The Morgan fingerprint density at radius 1 is 1.70 bits per heavy atom. The summed E-state index contributed by atoms with van der Waals surface area (Å²) in [5.74, 6) is -1.10. The number of carbonyl (C=O) groups is 1. The Labute approximate surface area is 62.6 Å². The molecule has 0 aliphatic rings. The molecule has 0 rings (SSSR count). The lowest BCUT2D eigenvalue weighted by Gasteiger charge is -1.97. The van der Waals surface area contributed by atoms with E-state index in [9.17, 15) is 4.79 Å². The summed E-state index contributed by atoms with van der Waals surface area (Å²) < 4.78 is 0. The highest BCUT2D eigenvalue weighted by Gasteiger charge is 2.06. The molecular weight excluding hydrogens is 152 g/mol. The van der Waals surface area contributed by atoms with E-state index >= 15 is 0 Å². The second-order valence-corrected chi connectivity index (χ2v) is 2.57. The van der Waals surface area contributed by atoms with Crippen LogP contribution in [0.15, 0.2) is 22.7 Å². The van der Waals surface area contributed by atoms with E-state index in [1.807, 2.05) is 0 Å². The number of hydrogen-bond acceptors (Lipinski definition) is 4. The SMILES string of the molecule is C=C(N)S/C(=C\N)C(=O)O. The summed E-state index contributed by atoms with van der Waals surface area (Å²) >= 11 is 0.828. The van der Waals surface area contributed by atoms with Gasteiger partial charge >= 0.3 is 5.97 Å². The summed E-state index contributed by atoms with van der Waals surface area (Å²) in [6, 6.07) is 0. The first-order chi connectivity index (χ1) is 4.57. The average molecular weight is 160 g/mol. The smallest absolute Gasteiger partial charge is 0.344 e. The van der Waals surface area contributed by atoms with Gasteiger partial charge in [-0.15, -0.1) is 0 Å². The molecule has 0 heterocycles. The van der Waals surface area contributed by atoms with Crippen LogP contribution >= 0.6 is 11.8 Å². The third-order valence-electron chi connectivity index (χ3n) is 0.603. The molecule has 0 spiro atoms. The molecule has 56 valence electrons. The summed E-state index contributed by atoms with van der Waals surface area (Å²) in [7, 11) is 0. The third-order valence-corrected chi connectivity index (χ3v) is 1.40. The number of aliphatic carboxylic acids is 1. The molecule has 0 aliphatic heterocycles. The van der Waals surface area contributed by atoms with Gasteiger partial charge in [-0.1, -0.05) is 18.3 Å². The van der Waals surface area contributed by atoms with Crippen molar-refractivity contribution in [3.63, 3.8) is 0 Å². The van der Waals surface area contributed by atoms with Crippen molar-refractivity contribution in [2.45, 2.75) is 0 Å². The minimum Gasteiger partial charge on any atom is -0.477 e. The zero-order valence-electron chi connectivity index (χ0n) is 5.20. The van der Waals surface area contributed by atoms with Crippen LogP contribution < -0.4 is 11.5 Å². The number of carboxylic acid groups (broad SMARTS) is 1. The zero-order chi connectivity index (χ0) is 8.15. The second kappa shape index (κ2) is 3.84. The van der Waals surface area contributed by atoms with Crippen LogP contribution in [0.2, 0.25) is 0 Å². The van der Waals surface area contributed by atoms with Crippen LogP contribution in [0, 0.1) is 0 Å². The van der Waals surface area contributed by atoms with Crippen LogP contribution in [-0.2, 0) is 4.79 Å². The summed E-state index contributed by atoms with van der Waals surface area (Å²) in [6.07, 6.45) is 0.977. The van der Waals surface area contributed by atoms with Crippen molar-refractivity contribution in [2.75, 3.05) is 0 Å². The Balaban J connectivity index is 4.12.